The van der Waals surface area contributed by atoms with Crippen LogP contribution in [0.1, 0.15) is 46.6 Å². The molecule has 1 aromatic carbocycles. The maximum Gasteiger partial charge on any atom is 0.410 e. The molecule has 1 saturated heterocycles. The molecule has 1 amide bonds. The lowest BCUT2D eigenvalue weighted by Crippen LogP contribution is -2.44. The molecule has 0 aromatic heterocycles. The van der Waals surface area contributed by atoms with Gasteiger partial charge in [-0.1, -0.05) is 44.2 Å². The predicted octanol–water partition coefficient (Wildman–Crippen LogP) is 3.51. The Kier molecular flexibility index (Phi) is 7.07. The number of β-amino-alcohol motifs (C(OH)–C–C–N with tert-alkyl or cyclic N) is 1. The first-order valence-electron chi connectivity index (χ1n) is 9.58. The van der Waals surface area contributed by atoms with Crippen molar-refractivity contribution in [3.05, 3.63) is 35.9 Å². The van der Waals surface area contributed by atoms with E-state index in [-0.39, 0.29) is 12.1 Å². The van der Waals surface area contributed by atoms with Gasteiger partial charge in [-0.25, -0.2) is 4.79 Å². The average molecular weight is 363 g/mol. The monoisotopic (exact) mass is 362 g/mol. The van der Waals surface area contributed by atoms with E-state index in [0.717, 1.165) is 13.0 Å². The van der Waals surface area contributed by atoms with Crippen LogP contribution in [0.4, 0.5) is 4.79 Å². The van der Waals surface area contributed by atoms with E-state index in [4.69, 9.17) is 4.74 Å². The van der Waals surface area contributed by atoms with E-state index in [1.165, 1.54) is 5.56 Å². The fraction of sp³-hybridized carbons (Fsp3) is 0.667. The second-order valence-electron chi connectivity index (χ2n) is 8.74. The Morgan fingerprint density at radius 3 is 2.42 bits per heavy atom. The number of benzene rings is 1. The van der Waals surface area contributed by atoms with Crippen molar-refractivity contribution in [1.29, 1.82) is 0 Å². The number of nitrogens with zero attached hydrogens (tertiary/aromatic N) is 2. The molecule has 1 aromatic rings. The van der Waals surface area contributed by atoms with Gasteiger partial charge in [-0.05, 0) is 38.7 Å². The van der Waals surface area contributed by atoms with E-state index < -0.39 is 11.7 Å². The summed E-state index contributed by atoms with van der Waals surface area (Å²) in [6.07, 6.45) is 0.0500. The van der Waals surface area contributed by atoms with Crippen LogP contribution in [0.3, 0.4) is 0 Å². The van der Waals surface area contributed by atoms with E-state index in [1.807, 2.05) is 39.0 Å². The second kappa shape index (κ2) is 8.87. The van der Waals surface area contributed by atoms with Gasteiger partial charge in [0.1, 0.15) is 5.60 Å². The topological polar surface area (TPSA) is 53.0 Å². The van der Waals surface area contributed by atoms with E-state index in [1.54, 1.807) is 4.90 Å². The molecular formula is C21H34N2O3. The van der Waals surface area contributed by atoms with E-state index in [0.29, 0.717) is 25.6 Å². The van der Waals surface area contributed by atoms with Crippen LogP contribution in [0.5, 0.6) is 0 Å². The van der Waals surface area contributed by atoms with Gasteiger partial charge < -0.3 is 14.7 Å². The smallest absolute Gasteiger partial charge is 0.410 e. The Bertz CT molecular complexity index is 568. The molecule has 0 aliphatic carbocycles. The van der Waals surface area contributed by atoms with Crippen molar-refractivity contribution in [1.82, 2.24) is 9.80 Å². The molecule has 26 heavy (non-hydrogen) atoms. The lowest BCUT2D eigenvalue weighted by molar-refractivity contribution is 0.0171. The van der Waals surface area contributed by atoms with Crippen LogP contribution in [0, 0.1) is 5.92 Å². The Morgan fingerprint density at radius 2 is 1.85 bits per heavy atom. The van der Waals surface area contributed by atoms with Crippen LogP contribution in [0.25, 0.3) is 0 Å². The number of hydrogen-bond acceptors (Lipinski definition) is 4. The van der Waals surface area contributed by atoms with Crippen LogP contribution < -0.4 is 0 Å². The summed E-state index contributed by atoms with van der Waals surface area (Å²) in [7, 11) is 0. The highest BCUT2D eigenvalue weighted by Crippen LogP contribution is 2.21. The highest BCUT2D eigenvalue weighted by molar-refractivity contribution is 5.68. The zero-order valence-corrected chi connectivity index (χ0v) is 16.8. The molecule has 2 rings (SSSR count). The van der Waals surface area contributed by atoms with Crippen molar-refractivity contribution >= 4 is 6.09 Å². The zero-order chi connectivity index (χ0) is 19.3. The third-order valence-corrected chi connectivity index (χ3v) is 4.45. The average Bonchev–Trinajstić information content (AvgIpc) is 2.65. The van der Waals surface area contributed by atoms with Crippen molar-refractivity contribution in [2.24, 2.45) is 5.92 Å². The van der Waals surface area contributed by atoms with Gasteiger partial charge in [0.2, 0.25) is 0 Å². The van der Waals surface area contributed by atoms with Crippen LogP contribution in [-0.2, 0) is 11.3 Å². The Morgan fingerprint density at radius 1 is 1.19 bits per heavy atom. The Balaban J connectivity index is 2.17. The fourth-order valence-corrected chi connectivity index (χ4v) is 3.43. The molecule has 2 atom stereocenters. The summed E-state index contributed by atoms with van der Waals surface area (Å²) in [5.41, 5.74) is 0.685. The summed E-state index contributed by atoms with van der Waals surface area (Å²) in [6.45, 7) is 12.2. The van der Waals surface area contributed by atoms with Gasteiger partial charge in [0.15, 0.2) is 0 Å². The number of rotatable bonds is 4. The molecular weight excluding hydrogens is 328 g/mol. The fourth-order valence-electron chi connectivity index (χ4n) is 3.43. The lowest BCUT2D eigenvalue weighted by atomic mass is 10.0. The summed E-state index contributed by atoms with van der Waals surface area (Å²) >= 11 is 0. The minimum absolute atomic E-state index is 0.194. The minimum Gasteiger partial charge on any atom is -0.444 e. The lowest BCUT2D eigenvalue weighted by Gasteiger charge is -2.33. The van der Waals surface area contributed by atoms with E-state index >= 15 is 0 Å². The zero-order valence-electron chi connectivity index (χ0n) is 16.8. The summed E-state index contributed by atoms with van der Waals surface area (Å²) in [6, 6.07) is 10.5. The molecule has 1 fully saturated rings. The number of amides is 1. The quantitative estimate of drug-likeness (QED) is 0.890. The summed E-state index contributed by atoms with van der Waals surface area (Å²) in [5.74, 6) is 0.508. The third kappa shape index (κ3) is 6.61. The first-order valence-corrected chi connectivity index (χ1v) is 9.58. The molecule has 0 spiro atoms. The van der Waals surface area contributed by atoms with Crippen molar-refractivity contribution < 1.29 is 14.6 Å². The molecule has 5 nitrogen and oxygen atoms in total. The molecule has 5 heteroatoms. The number of aliphatic hydroxyl groups is 1. The number of ether oxygens (including phenoxy) is 1. The van der Waals surface area contributed by atoms with Gasteiger partial charge in [0.05, 0.1) is 12.6 Å². The molecule has 0 saturated carbocycles. The number of carbonyl (C=O) groups excluding carboxylic acids is 1. The van der Waals surface area contributed by atoms with Crippen LogP contribution >= 0.6 is 0 Å². The minimum atomic E-state index is -0.580. The molecule has 0 unspecified atom stereocenters. The van der Waals surface area contributed by atoms with E-state index in [2.05, 4.69) is 30.9 Å². The highest BCUT2D eigenvalue weighted by atomic mass is 16.6. The Hall–Kier alpha value is -1.59. The van der Waals surface area contributed by atoms with Gasteiger partial charge in [-0.2, -0.15) is 0 Å². The third-order valence-electron chi connectivity index (χ3n) is 4.45. The summed E-state index contributed by atoms with van der Waals surface area (Å²) < 4.78 is 5.55. The first kappa shape index (κ1) is 20.7. The number of carbonyl (C=O) groups is 1. The van der Waals surface area contributed by atoms with Gasteiger partial charge in [0.25, 0.3) is 0 Å². The molecule has 1 aliphatic heterocycles. The number of aliphatic hydroxyl groups excluding tert-OH is 1. The van der Waals surface area contributed by atoms with Crippen molar-refractivity contribution in [2.45, 2.75) is 65.3 Å². The molecule has 1 N–H and O–H groups in total. The normalized spacial score (nSPS) is 22.3. The molecule has 0 radical (unpaired) electrons. The molecule has 1 aliphatic rings. The van der Waals surface area contributed by atoms with Crippen LogP contribution in [0.2, 0.25) is 0 Å². The summed E-state index contributed by atoms with van der Waals surface area (Å²) in [4.78, 5) is 16.6. The maximum atomic E-state index is 12.6. The van der Waals surface area contributed by atoms with Gasteiger partial charge in [-0.3, -0.25) is 4.90 Å². The molecule has 146 valence electrons. The van der Waals surface area contributed by atoms with Gasteiger partial charge >= 0.3 is 6.09 Å². The van der Waals surface area contributed by atoms with Crippen molar-refractivity contribution in [3.8, 4) is 0 Å². The van der Waals surface area contributed by atoms with Gasteiger partial charge in [0, 0.05) is 25.7 Å². The number of hydrogen-bond donors (Lipinski definition) is 1. The van der Waals surface area contributed by atoms with E-state index in [9.17, 15) is 9.90 Å². The predicted molar refractivity (Wildman–Crippen MR) is 104 cm³/mol. The largest absolute Gasteiger partial charge is 0.444 e. The maximum absolute atomic E-state index is 12.6. The first-order chi connectivity index (χ1) is 12.1. The summed E-state index contributed by atoms with van der Waals surface area (Å²) in [5, 5.41) is 10.5. The standard InChI is InChI=1S/C21H34N2O3/c1-16(2)11-18-13-23(20(25)26-21(3,4)5)15-19(24)14-22(18)12-17-9-7-6-8-10-17/h6-10,16,18-19,24H,11-15H2,1-5H3/t18-,19-/m1/s1. The van der Waals surface area contributed by atoms with Gasteiger partial charge in [-0.15, -0.1) is 0 Å². The molecule has 0 bridgehead atoms. The SMILES string of the molecule is CC(C)C[C@@H]1CN(C(=O)OC(C)(C)C)C[C@H](O)CN1Cc1ccccc1. The van der Waals surface area contributed by atoms with Crippen LogP contribution in [0.15, 0.2) is 30.3 Å². The van der Waals surface area contributed by atoms with Crippen molar-refractivity contribution in [3.63, 3.8) is 0 Å². The highest BCUT2D eigenvalue weighted by Gasteiger charge is 2.33. The molecule has 1 heterocycles. The van der Waals surface area contributed by atoms with Crippen LogP contribution in [-0.4, -0.2) is 58.4 Å². The van der Waals surface area contributed by atoms with Crippen molar-refractivity contribution in [2.75, 3.05) is 19.6 Å². The second-order valence-corrected chi connectivity index (χ2v) is 8.74. The Labute approximate surface area is 157 Å².